The summed E-state index contributed by atoms with van der Waals surface area (Å²) in [5.74, 6) is -0.973. The number of amides is 3. The van der Waals surface area contributed by atoms with Gasteiger partial charge in [-0.15, -0.1) is 0 Å². The summed E-state index contributed by atoms with van der Waals surface area (Å²) < 4.78 is 5.84. The number of anilines is 1. The summed E-state index contributed by atoms with van der Waals surface area (Å²) in [5.41, 5.74) is 5.39. The molecule has 2 rings (SSSR count). The fourth-order valence-corrected chi connectivity index (χ4v) is 3.36. The van der Waals surface area contributed by atoms with Gasteiger partial charge in [-0.25, -0.2) is 0 Å². The summed E-state index contributed by atoms with van der Waals surface area (Å²) in [5, 5.41) is 3.33. The average molecular weight is 489 g/mol. The van der Waals surface area contributed by atoms with Crippen LogP contribution >= 0.6 is 39.1 Å². The molecule has 148 valence electrons. The first-order valence-corrected chi connectivity index (χ1v) is 9.61. The zero-order valence-electron chi connectivity index (χ0n) is 14.6. The van der Waals surface area contributed by atoms with E-state index in [1.165, 1.54) is 18.2 Å². The van der Waals surface area contributed by atoms with Crippen LogP contribution < -0.4 is 20.9 Å². The van der Waals surface area contributed by atoms with Gasteiger partial charge in [-0.3, -0.25) is 25.2 Å². The maximum atomic E-state index is 12.1. The minimum Gasteiger partial charge on any atom is -0.481 e. The van der Waals surface area contributed by atoms with E-state index in [9.17, 15) is 14.4 Å². The van der Waals surface area contributed by atoms with E-state index in [1.54, 1.807) is 25.1 Å². The Morgan fingerprint density at radius 2 is 1.71 bits per heavy atom. The van der Waals surface area contributed by atoms with Crippen LogP contribution in [-0.4, -0.2) is 24.3 Å². The van der Waals surface area contributed by atoms with E-state index in [-0.39, 0.29) is 23.3 Å². The smallest absolute Gasteiger partial charge is 0.276 e. The predicted molar refractivity (Wildman–Crippen MR) is 111 cm³/mol. The van der Waals surface area contributed by atoms with Crippen molar-refractivity contribution < 1.29 is 19.1 Å². The number of ether oxygens (including phenoxy) is 1. The number of nitrogens with one attached hydrogen (secondary N) is 3. The Bertz CT molecular complexity index is 868. The molecule has 0 unspecified atom stereocenters. The van der Waals surface area contributed by atoms with Gasteiger partial charge in [0, 0.05) is 22.7 Å². The van der Waals surface area contributed by atoms with Crippen LogP contribution in [0.1, 0.15) is 23.7 Å². The number of hydrazine groups is 1. The Morgan fingerprint density at radius 1 is 1.04 bits per heavy atom. The summed E-state index contributed by atoms with van der Waals surface area (Å²) in [6.45, 7) is 1.37. The van der Waals surface area contributed by atoms with Crippen molar-refractivity contribution in [2.45, 2.75) is 13.3 Å². The predicted octanol–water partition coefficient (Wildman–Crippen LogP) is 3.94. The molecule has 0 radical (unpaired) electrons. The minimum atomic E-state index is -0.585. The highest BCUT2D eigenvalue weighted by Crippen LogP contribution is 2.35. The Kier molecular flexibility index (Phi) is 8.10. The Labute approximate surface area is 179 Å². The van der Waals surface area contributed by atoms with Gasteiger partial charge < -0.3 is 10.1 Å². The van der Waals surface area contributed by atoms with Crippen LogP contribution in [0.15, 0.2) is 40.9 Å². The normalized spacial score (nSPS) is 10.1. The summed E-state index contributed by atoms with van der Waals surface area (Å²) in [7, 11) is 0. The third kappa shape index (κ3) is 6.40. The van der Waals surface area contributed by atoms with Crippen LogP contribution in [0.3, 0.4) is 0 Å². The lowest BCUT2D eigenvalue weighted by molar-refractivity contribution is -0.123. The number of hydrogen-bond donors (Lipinski definition) is 3. The monoisotopic (exact) mass is 487 g/mol. The lowest BCUT2D eigenvalue weighted by atomic mass is 10.2. The molecule has 3 amide bonds. The van der Waals surface area contributed by atoms with Gasteiger partial charge >= 0.3 is 0 Å². The van der Waals surface area contributed by atoms with Gasteiger partial charge in [0.25, 0.3) is 11.8 Å². The fraction of sp³-hybridized carbons (Fsp3) is 0.167. The van der Waals surface area contributed by atoms with E-state index in [4.69, 9.17) is 27.9 Å². The van der Waals surface area contributed by atoms with Gasteiger partial charge in [0.15, 0.2) is 12.4 Å². The summed E-state index contributed by atoms with van der Waals surface area (Å²) in [4.78, 5) is 35.3. The van der Waals surface area contributed by atoms with Crippen LogP contribution in [0.25, 0.3) is 0 Å². The minimum absolute atomic E-state index is 0.128. The SMILES string of the molecule is CCC(=O)Nc1ccc(C(=O)NNC(=O)COc2c(Cl)cc(Cl)cc2Br)cc1. The number of carbonyl (C=O) groups is 3. The lowest BCUT2D eigenvalue weighted by Crippen LogP contribution is -2.43. The molecule has 0 aromatic heterocycles. The Balaban J connectivity index is 1.84. The van der Waals surface area contributed by atoms with Crippen molar-refractivity contribution in [1.82, 2.24) is 10.9 Å². The van der Waals surface area contributed by atoms with Gasteiger partial charge in [0.05, 0.1) is 9.50 Å². The number of hydrogen-bond acceptors (Lipinski definition) is 4. The largest absolute Gasteiger partial charge is 0.481 e. The Hall–Kier alpha value is -2.29. The van der Waals surface area contributed by atoms with Crippen molar-refractivity contribution >= 4 is 62.5 Å². The third-order valence-corrected chi connectivity index (χ3v) is 4.47. The highest BCUT2D eigenvalue weighted by atomic mass is 79.9. The lowest BCUT2D eigenvalue weighted by Gasteiger charge is -2.11. The summed E-state index contributed by atoms with van der Waals surface area (Å²) in [6.07, 6.45) is 0.355. The molecule has 0 spiro atoms. The Morgan fingerprint density at radius 3 is 2.32 bits per heavy atom. The van der Waals surface area contributed by atoms with Crippen molar-refractivity contribution in [3.63, 3.8) is 0 Å². The second-order valence-electron chi connectivity index (χ2n) is 5.47. The molecule has 0 heterocycles. The molecule has 0 saturated heterocycles. The number of carbonyl (C=O) groups excluding carboxylic acids is 3. The molecule has 0 fully saturated rings. The molecule has 0 saturated carbocycles. The van der Waals surface area contributed by atoms with E-state index in [0.717, 1.165) is 0 Å². The number of benzene rings is 2. The van der Waals surface area contributed by atoms with Crippen LogP contribution in [-0.2, 0) is 9.59 Å². The van der Waals surface area contributed by atoms with Crippen LogP contribution in [0, 0.1) is 0 Å². The van der Waals surface area contributed by atoms with Crippen molar-refractivity contribution in [2.24, 2.45) is 0 Å². The molecule has 7 nitrogen and oxygen atoms in total. The maximum Gasteiger partial charge on any atom is 0.276 e. The van der Waals surface area contributed by atoms with Crippen LogP contribution in [0.4, 0.5) is 5.69 Å². The first-order chi connectivity index (χ1) is 13.3. The maximum absolute atomic E-state index is 12.1. The highest BCUT2D eigenvalue weighted by molar-refractivity contribution is 9.10. The molecule has 0 bridgehead atoms. The van der Waals surface area contributed by atoms with Gasteiger partial charge in [0.1, 0.15) is 0 Å². The summed E-state index contributed by atoms with van der Waals surface area (Å²) in [6, 6.07) is 9.28. The van der Waals surface area contributed by atoms with Gasteiger partial charge in [-0.2, -0.15) is 0 Å². The molecule has 2 aromatic rings. The zero-order chi connectivity index (χ0) is 20.7. The van der Waals surface area contributed by atoms with Crippen molar-refractivity contribution in [2.75, 3.05) is 11.9 Å². The topological polar surface area (TPSA) is 96.5 Å². The molecule has 28 heavy (non-hydrogen) atoms. The zero-order valence-corrected chi connectivity index (χ0v) is 17.7. The summed E-state index contributed by atoms with van der Waals surface area (Å²) >= 11 is 15.1. The molecule has 10 heteroatoms. The van der Waals surface area contributed by atoms with Crippen LogP contribution in [0.2, 0.25) is 10.0 Å². The molecule has 2 aromatic carbocycles. The van der Waals surface area contributed by atoms with Crippen molar-refractivity contribution in [3.05, 3.63) is 56.5 Å². The third-order valence-electron chi connectivity index (χ3n) is 3.38. The second kappa shape index (κ2) is 10.3. The molecular weight excluding hydrogens is 473 g/mol. The van der Waals surface area contributed by atoms with E-state index in [0.29, 0.717) is 27.2 Å². The molecule has 0 atom stereocenters. The standard InChI is InChI=1S/C18H16BrCl2N3O4/c1-2-15(25)22-12-5-3-10(4-6-12)18(27)24-23-16(26)9-28-17-13(19)7-11(20)8-14(17)21/h3-8H,2,9H2,1H3,(H,22,25)(H,23,26)(H,24,27). The van der Waals surface area contributed by atoms with Gasteiger partial charge in [0.2, 0.25) is 5.91 Å². The van der Waals surface area contributed by atoms with Gasteiger partial charge in [-0.05, 0) is 52.3 Å². The van der Waals surface area contributed by atoms with E-state index < -0.39 is 11.8 Å². The van der Waals surface area contributed by atoms with E-state index in [2.05, 4.69) is 32.1 Å². The molecule has 0 aliphatic rings. The fourth-order valence-electron chi connectivity index (χ4n) is 1.99. The molecule has 0 aliphatic heterocycles. The first kappa shape index (κ1) is 22.0. The van der Waals surface area contributed by atoms with Crippen molar-refractivity contribution in [3.8, 4) is 5.75 Å². The highest BCUT2D eigenvalue weighted by Gasteiger charge is 2.12. The first-order valence-electron chi connectivity index (χ1n) is 8.06. The van der Waals surface area contributed by atoms with E-state index >= 15 is 0 Å². The number of halogens is 3. The van der Waals surface area contributed by atoms with Crippen molar-refractivity contribution in [1.29, 1.82) is 0 Å². The van der Waals surface area contributed by atoms with E-state index in [1.807, 2.05) is 0 Å². The number of rotatable bonds is 6. The molecular formula is C18H16BrCl2N3O4. The van der Waals surface area contributed by atoms with Crippen LogP contribution in [0.5, 0.6) is 5.75 Å². The molecule has 0 aliphatic carbocycles. The van der Waals surface area contributed by atoms with Gasteiger partial charge in [-0.1, -0.05) is 30.1 Å². The second-order valence-corrected chi connectivity index (χ2v) is 7.17. The molecule has 3 N–H and O–H groups in total. The average Bonchev–Trinajstić information content (AvgIpc) is 2.65. The quantitative estimate of drug-likeness (QED) is 0.536.